The lowest BCUT2D eigenvalue weighted by atomic mass is 9.88. The van der Waals surface area contributed by atoms with Crippen LogP contribution in [-0.2, 0) is 11.7 Å². The van der Waals surface area contributed by atoms with Gasteiger partial charge < -0.3 is 15.4 Å². The van der Waals surface area contributed by atoms with Gasteiger partial charge in [0.15, 0.2) is 0 Å². The number of nitrogens with one attached hydrogen (secondary N) is 2. The highest BCUT2D eigenvalue weighted by Crippen LogP contribution is 2.40. The Morgan fingerprint density at radius 1 is 1.12 bits per heavy atom. The standard InChI is InChI=1S/C22H22F3N5O2/c1-32-17-7-4-15(5-8-17)21(10-2-3-11-21)29-20(31)28-19-9-6-16(30-14-26-13-27-30)12-18(19)22(23,24)25/h4-9,12-14H,2-3,10-11H2,1H3,(H2,28,29,31). The van der Waals surface area contributed by atoms with Crippen LogP contribution in [0.5, 0.6) is 5.75 Å². The highest BCUT2D eigenvalue weighted by molar-refractivity contribution is 5.91. The number of amides is 2. The minimum Gasteiger partial charge on any atom is -0.497 e. The van der Waals surface area contributed by atoms with Crippen molar-refractivity contribution in [3.05, 3.63) is 66.2 Å². The lowest BCUT2D eigenvalue weighted by molar-refractivity contribution is -0.136. The van der Waals surface area contributed by atoms with Crippen molar-refractivity contribution >= 4 is 11.7 Å². The number of alkyl halides is 3. The van der Waals surface area contributed by atoms with Crippen LogP contribution in [0.3, 0.4) is 0 Å². The summed E-state index contributed by atoms with van der Waals surface area (Å²) in [7, 11) is 1.57. The van der Waals surface area contributed by atoms with Crippen LogP contribution in [0.2, 0.25) is 0 Å². The van der Waals surface area contributed by atoms with E-state index in [1.54, 1.807) is 19.2 Å². The van der Waals surface area contributed by atoms with E-state index in [0.717, 1.165) is 24.5 Å². The molecular formula is C22H22F3N5O2. The topological polar surface area (TPSA) is 81.1 Å². The molecule has 0 bridgehead atoms. The third kappa shape index (κ3) is 4.39. The summed E-state index contributed by atoms with van der Waals surface area (Å²) in [5.41, 5.74) is -0.864. The normalized spacial score (nSPS) is 15.4. The molecule has 32 heavy (non-hydrogen) atoms. The Labute approximate surface area is 182 Å². The molecule has 7 nitrogen and oxygen atoms in total. The van der Waals surface area contributed by atoms with Crippen LogP contribution >= 0.6 is 0 Å². The van der Waals surface area contributed by atoms with Crippen molar-refractivity contribution in [2.24, 2.45) is 0 Å². The predicted octanol–water partition coefficient (Wildman–Crippen LogP) is 4.89. The number of aromatic nitrogens is 3. The van der Waals surface area contributed by atoms with Crippen LogP contribution in [0.15, 0.2) is 55.1 Å². The first-order valence-corrected chi connectivity index (χ1v) is 10.1. The summed E-state index contributed by atoms with van der Waals surface area (Å²) < 4.78 is 47.5. The van der Waals surface area contributed by atoms with E-state index in [0.29, 0.717) is 18.6 Å². The molecule has 0 aliphatic heterocycles. The van der Waals surface area contributed by atoms with E-state index in [2.05, 4.69) is 20.7 Å². The van der Waals surface area contributed by atoms with E-state index in [9.17, 15) is 18.0 Å². The molecule has 0 radical (unpaired) electrons. The van der Waals surface area contributed by atoms with Crippen LogP contribution in [0.4, 0.5) is 23.7 Å². The number of methoxy groups -OCH3 is 1. The molecule has 0 atom stereocenters. The number of carbonyl (C=O) groups excluding carboxylic acids is 1. The average molecular weight is 445 g/mol. The minimum absolute atomic E-state index is 0.186. The minimum atomic E-state index is -4.67. The van der Waals surface area contributed by atoms with Gasteiger partial charge in [0.05, 0.1) is 29.6 Å². The molecule has 1 aliphatic rings. The van der Waals surface area contributed by atoms with Gasteiger partial charge in [0.25, 0.3) is 0 Å². The summed E-state index contributed by atoms with van der Waals surface area (Å²) in [5.74, 6) is 0.689. The van der Waals surface area contributed by atoms with Gasteiger partial charge in [-0.2, -0.15) is 18.3 Å². The third-order valence-electron chi connectivity index (χ3n) is 5.69. The molecular weight excluding hydrogens is 423 g/mol. The Morgan fingerprint density at radius 3 is 2.44 bits per heavy atom. The van der Waals surface area contributed by atoms with Gasteiger partial charge in [0.1, 0.15) is 18.4 Å². The summed E-state index contributed by atoms with van der Waals surface area (Å²) in [4.78, 5) is 16.6. The zero-order valence-electron chi connectivity index (χ0n) is 17.3. The molecule has 1 fully saturated rings. The predicted molar refractivity (Wildman–Crippen MR) is 112 cm³/mol. The second kappa shape index (κ2) is 8.52. The van der Waals surface area contributed by atoms with Crippen molar-refractivity contribution < 1.29 is 22.7 Å². The molecule has 4 rings (SSSR count). The number of hydrogen-bond donors (Lipinski definition) is 2. The van der Waals surface area contributed by atoms with Crippen molar-refractivity contribution in [3.8, 4) is 11.4 Å². The zero-order valence-corrected chi connectivity index (χ0v) is 17.3. The fourth-order valence-corrected chi connectivity index (χ4v) is 4.11. The van der Waals surface area contributed by atoms with E-state index in [1.807, 2.05) is 12.1 Å². The second-order valence-corrected chi connectivity index (χ2v) is 7.66. The van der Waals surface area contributed by atoms with Gasteiger partial charge in [-0.15, -0.1) is 0 Å². The molecule has 1 heterocycles. The van der Waals surface area contributed by atoms with Crippen LogP contribution in [0.1, 0.15) is 36.8 Å². The monoisotopic (exact) mass is 445 g/mol. The number of nitrogens with zero attached hydrogens (tertiary/aromatic N) is 3. The molecule has 0 saturated heterocycles. The Kier molecular flexibility index (Phi) is 5.77. The molecule has 1 aromatic heterocycles. The van der Waals surface area contributed by atoms with E-state index in [1.165, 1.54) is 29.5 Å². The zero-order chi connectivity index (χ0) is 22.8. The van der Waals surface area contributed by atoms with Crippen molar-refractivity contribution in [1.82, 2.24) is 20.1 Å². The number of benzene rings is 2. The molecule has 2 amide bonds. The molecule has 1 aliphatic carbocycles. The molecule has 10 heteroatoms. The first kappa shape index (κ1) is 21.7. The smallest absolute Gasteiger partial charge is 0.418 e. The van der Waals surface area contributed by atoms with Crippen molar-refractivity contribution in [2.75, 3.05) is 12.4 Å². The Morgan fingerprint density at radius 2 is 1.84 bits per heavy atom. The molecule has 2 aromatic carbocycles. The lowest BCUT2D eigenvalue weighted by Gasteiger charge is -2.31. The molecule has 1 saturated carbocycles. The summed E-state index contributed by atoms with van der Waals surface area (Å²) >= 11 is 0. The Bertz CT molecular complexity index is 1080. The SMILES string of the molecule is COc1ccc(C2(NC(=O)Nc3ccc(-n4cncn4)cc3C(F)(F)F)CCCC2)cc1. The number of rotatable bonds is 5. The summed E-state index contributed by atoms with van der Waals surface area (Å²) in [5, 5.41) is 9.18. The van der Waals surface area contributed by atoms with Gasteiger partial charge in [-0.25, -0.2) is 14.5 Å². The van der Waals surface area contributed by atoms with Crippen LogP contribution < -0.4 is 15.4 Å². The van der Waals surface area contributed by atoms with E-state index in [-0.39, 0.29) is 11.4 Å². The highest BCUT2D eigenvalue weighted by atomic mass is 19.4. The maximum absolute atomic E-state index is 13.7. The summed E-state index contributed by atoms with van der Waals surface area (Å²) in [6.45, 7) is 0. The number of carbonyl (C=O) groups is 1. The number of hydrogen-bond acceptors (Lipinski definition) is 4. The number of urea groups is 1. The van der Waals surface area contributed by atoms with Gasteiger partial charge in [0.2, 0.25) is 0 Å². The molecule has 3 aromatic rings. The first-order valence-electron chi connectivity index (χ1n) is 10.1. The average Bonchev–Trinajstić information content (AvgIpc) is 3.46. The Balaban J connectivity index is 1.58. The van der Waals surface area contributed by atoms with E-state index >= 15 is 0 Å². The van der Waals surface area contributed by atoms with Crippen LogP contribution in [-0.4, -0.2) is 27.9 Å². The third-order valence-corrected chi connectivity index (χ3v) is 5.69. The molecule has 2 N–H and O–H groups in total. The van der Waals surface area contributed by atoms with Gasteiger partial charge in [-0.1, -0.05) is 25.0 Å². The van der Waals surface area contributed by atoms with Gasteiger partial charge in [0, 0.05) is 0 Å². The summed E-state index contributed by atoms with van der Waals surface area (Å²) in [6, 6.07) is 10.2. The van der Waals surface area contributed by atoms with Crippen LogP contribution in [0, 0.1) is 0 Å². The number of halogens is 3. The highest BCUT2D eigenvalue weighted by Gasteiger charge is 2.38. The maximum atomic E-state index is 13.7. The summed E-state index contributed by atoms with van der Waals surface area (Å²) in [6.07, 6.45) is 1.08. The van der Waals surface area contributed by atoms with Crippen molar-refractivity contribution in [2.45, 2.75) is 37.4 Å². The fraction of sp³-hybridized carbons (Fsp3) is 0.318. The number of anilines is 1. The van der Waals surface area contributed by atoms with Crippen molar-refractivity contribution in [3.63, 3.8) is 0 Å². The lowest BCUT2D eigenvalue weighted by Crippen LogP contribution is -2.46. The second-order valence-electron chi connectivity index (χ2n) is 7.66. The van der Waals surface area contributed by atoms with Gasteiger partial charge >= 0.3 is 12.2 Å². The fourth-order valence-electron chi connectivity index (χ4n) is 4.11. The molecule has 0 spiro atoms. The van der Waals surface area contributed by atoms with Crippen LogP contribution in [0.25, 0.3) is 5.69 Å². The Hall–Kier alpha value is -3.56. The quantitative estimate of drug-likeness (QED) is 0.586. The van der Waals surface area contributed by atoms with E-state index in [4.69, 9.17) is 4.74 Å². The largest absolute Gasteiger partial charge is 0.497 e. The molecule has 168 valence electrons. The van der Waals surface area contributed by atoms with Gasteiger partial charge in [-0.05, 0) is 48.7 Å². The van der Waals surface area contributed by atoms with Gasteiger partial charge in [-0.3, -0.25) is 0 Å². The molecule has 0 unspecified atom stereocenters. The first-order chi connectivity index (χ1) is 15.3. The maximum Gasteiger partial charge on any atom is 0.418 e. The van der Waals surface area contributed by atoms with E-state index < -0.39 is 23.3 Å². The number of ether oxygens (including phenoxy) is 1. The van der Waals surface area contributed by atoms with Crippen molar-refractivity contribution in [1.29, 1.82) is 0 Å².